The number of halogens is 1. The van der Waals surface area contributed by atoms with E-state index in [-0.39, 0.29) is 6.54 Å². The number of amides is 1. The van der Waals surface area contributed by atoms with Gasteiger partial charge < -0.3 is 4.57 Å². The Bertz CT molecular complexity index is 374. The van der Waals surface area contributed by atoms with Crippen LogP contribution in [0.2, 0.25) is 0 Å². The number of nitrogens with two attached hydrogens (primary N) is 1. The van der Waals surface area contributed by atoms with Crippen LogP contribution in [-0.2, 0) is 11.3 Å². The Morgan fingerprint density at radius 2 is 2.31 bits per heavy atom. The maximum atomic E-state index is 12.6. The molecule has 5 nitrogen and oxygen atoms in total. The van der Waals surface area contributed by atoms with Crippen LogP contribution in [0.5, 0.6) is 0 Å². The molecule has 0 saturated carbocycles. The van der Waals surface area contributed by atoms with Crippen LogP contribution < -0.4 is 16.8 Å². The van der Waals surface area contributed by atoms with Crippen LogP contribution in [0.1, 0.15) is 0 Å². The van der Waals surface area contributed by atoms with Gasteiger partial charge in [0.25, 0.3) is 11.5 Å². The van der Waals surface area contributed by atoms with Gasteiger partial charge in [-0.3, -0.25) is 15.0 Å². The van der Waals surface area contributed by atoms with Crippen LogP contribution in [0.3, 0.4) is 0 Å². The first-order valence-electron chi connectivity index (χ1n) is 3.49. The largest absolute Gasteiger partial charge is 0.303 e. The minimum Gasteiger partial charge on any atom is -0.303 e. The fraction of sp³-hybridized carbons (Fsp3) is 0.143. The summed E-state index contributed by atoms with van der Waals surface area (Å²) in [5.41, 5.74) is 1.39. The highest BCUT2D eigenvalue weighted by molar-refractivity contribution is 5.74. The van der Waals surface area contributed by atoms with E-state index in [1.165, 1.54) is 0 Å². The Balaban J connectivity index is 2.94. The second-order valence-corrected chi connectivity index (χ2v) is 2.38. The number of hydrogen-bond acceptors (Lipinski definition) is 3. The molecule has 0 atom stereocenters. The highest BCUT2D eigenvalue weighted by Gasteiger charge is 2.02. The lowest BCUT2D eigenvalue weighted by Gasteiger charge is -2.02. The van der Waals surface area contributed by atoms with Gasteiger partial charge in [0.15, 0.2) is 0 Å². The van der Waals surface area contributed by atoms with Gasteiger partial charge in [-0.25, -0.2) is 10.2 Å². The van der Waals surface area contributed by atoms with Crippen molar-refractivity contribution in [3.8, 4) is 0 Å². The SMILES string of the molecule is NNC(=O)Cn1cc(F)ccc1=O. The molecule has 1 amide bonds. The molecule has 6 heteroatoms. The number of carbonyl (C=O) groups excluding carboxylic acids is 1. The van der Waals surface area contributed by atoms with Crippen LogP contribution in [0, 0.1) is 5.82 Å². The van der Waals surface area contributed by atoms with Crippen LogP contribution in [0.15, 0.2) is 23.1 Å². The Labute approximate surface area is 72.9 Å². The maximum Gasteiger partial charge on any atom is 0.253 e. The second kappa shape index (κ2) is 3.81. The molecule has 1 rings (SSSR count). The molecule has 1 heterocycles. The molecule has 13 heavy (non-hydrogen) atoms. The Morgan fingerprint density at radius 1 is 1.62 bits per heavy atom. The molecule has 1 aromatic rings. The summed E-state index contributed by atoms with van der Waals surface area (Å²) in [4.78, 5) is 21.7. The first kappa shape index (κ1) is 9.40. The summed E-state index contributed by atoms with van der Waals surface area (Å²) in [5.74, 6) is 3.66. The molecule has 0 saturated heterocycles. The number of hydrogen-bond donors (Lipinski definition) is 2. The summed E-state index contributed by atoms with van der Waals surface area (Å²) in [5, 5.41) is 0. The molecule has 3 N–H and O–H groups in total. The zero-order valence-electron chi connectivity index (χ0n) is 6.66. The molecular formula is C7H8FN3O2. The minimum absolute atomic E-state index is 0.285. The predicted octanol–water partition coefficient (Wildman–Crippen LogP) is -1.02. The number of nitrogens with one attached hydrogen (secondary N) is 1. The number of nitrogens with zero attached hydrogens (tertiary/aromatic N) is 1. The van der Waals surface area contributed by atoms with Gasteiger partial charge in [0.05, 0.1) is 0 Å². The molecule has 0 bridgehead atoms. The molecule has 0 fully saturated rings. The fourth-order valence-corrected chi connectivity index (χ4v) is 0.826. The van der Waals surface area contributed by atoms with E-state index >= 15 is 0 Å². The summed E-state index contributed by atoms with van der Waals surface area (Å²) in [6.07, 6.45) is 0.942. The average Bonchev–Trinajstić information content (AvgIpc) is 2.11. The molecule has 0 aliphatic heterocycles. The Kier molecular flexibility index (Phi) is 2.76. The fourth-order valence-electron chi connectivity index (χ4n) is 0.826. The van der Waals surface area contributed by atoms with Crippen molar-refractivity contribution < 1.29 is 9.18 Å². The lowest BCUT2D eigenvalue weighted by atomic mass is 10.4. The third kappa shape index (κ3) is 2.38. The molecule has 0 radical (unpaired) electrons. The first-order chi connectivity index (χ1) is 6.13. The third-order valence-electron chi connectivity index (χ3n) is 1.42. The van der Waals surface area contributed by atoms with Crippen molar-refractivity contribution in [3.63, 3.8) is 0 Å². The van der Waals surface area contributed by atoms with E-state index in [1.807, 2.05) is 5.43 Å². The molecule has 0 aliphatic carbocycles. The standard InChI is InChI=1S/C7H8FN3O2/c8-5-1-2-7(13)11(3-5)4-6(12)10-9/h1-3H,4,9H2,(H,10,12). The number of rotatable bonds is 2. The zero-order valence-corrected chi connectivity index (χ0v) is 6.66. The van der Waals surface area contributed by atoms with E-state index in [0.717, 1.165) is 22.9 Å². The van der Waals surface area contributed by atoms with Crippen molar-refractivity contribution in [2.45, 2.75) is 6.54 Å². The van der Waals surface area contributed by atoms with E-state index in [2.05, 4.69) is 0 Å². The smallest absolute Gasteiger partial charge is 0.253 e. The van der Waals surface area contributed by atoms with Crippen molar-refractivity contribution in [2.24, 2.45) is 5.84 Å². The molecule has 70 valence electrons. The maximum absolute atomic E-state index is 12.6. The van der Waals surface area contributed by atoms with Gasteiger partial charge in [0.2, 0.25) is 0 Å². The van der Waals surface area contributed by atoms with Gasteiger partial charge in [0, 0.05) is 12.3 Å². The first-order valence-corrected chi connectivity index (χ1v) is 3.49. The third-order valence-corrected chi connectivity index (χ3v) is 1.42. The van der Waals surface area contributed by atoms with Gasteiger partial charge in [-0.2, -0.15) is 0 Å². The van der Waals surface area contributed by atoms with Crippen LogP contribution in [0.4, 0.5) is 4.39 Å². The molecule has 0 aromatic carbocycles. The predicted molar refractivity (Wildman–Crippen MR) is 43.0 cm³/mol. The quantitative estimate of drug-likeness (QED) is 0.351. The lowest BCUT2D eigenvalue weighted by molar-refractivity contribution is -0.121. The van der Waals surface area contributed by atoms with Crippen LogP contribution >= 0.6 is 0 Å². The van der Waals surface area contributed by atoms with E-state index in [9.17, 15) is 14.0 Å². The number of pyridine rings is 1. The summed E-state index contributed by atoms with van der Waals surface area (Å²) in [6.45, 7) is -0.285. The number of aromatic nitrogens is 1. The van der Waals surface area contributed by atoms with Crippen molar-refractivity contribution in [1.82, 2.24) is 9.99 Å². The van der Waals surface area contributed by atoms with E-state index in [0.29, 0.717) is 0 Å². The second-order valence-electron chi connectivity index (χ2n) is 2.38. The molecule has 0 spiro atoms. The van der Waals surface area contributed by atoms with Crippen molar-refractivity contribution in [3.05, 3.63) is 34.5 Å². The van der Waals surface area contributed by atoms with Gasteiger partial charge in [-0.15, -0.1) is 0 Å². The Hall–Kier alpha value is -1.69. The minimum atomic E-state index is -0.579. The van der Waals surface area contributed by atoms with Crippen LogP contribution in [-0.4, -0.2) is 10.5 Å². The molecule has 0 unspecified atom stereocenters. The van der Waals surface area contributed by atoms with Gasteiger partial charge >= 0.3 is 0 Å². The summed E-state index contributed by atoms with van der Waals surface area (Å²) in [7, 11) is 0. The van der Waals surface area contributed by atoms with Gasteiger partial charge in [0.1, 0.15) is 12.4 Å². The summed E-state index contributed by atoms with van der Waals surface area (Å²) in [6, 6.07) is 2.07. The van der Waals surface area contributed by atoms with E-state index < -0.39 is 17.3 Å². The van der Waals surface area contributed by atoms with Crippen molar-refractivity contribution in [2.75, 3.05) is 0 Å². The van der Waals surface area contributed by atoms with Gasteiger partial charge in [-0.05, 0) is 6.07 Å². The molecule has 0 aliphatic rings. The van der Waals surface area contributed by atoms with Crippen molar-refractivity contribution in [1.29, 1.82) is 0 Å². The summed E-state index contributed by atoms with van der Waals surface area (Å²) >= 11 is 0. The highest BCUT2D eigenvalue weighted by atomic mass is 19.1. The van der Waals surface area contributed by atoms with Crippen molar-refractivity contribution >= 4 is 5.91 Å². The van der Waals surface area contributed by atoms with Gasteiger partial charge in [-0.1, -0.05) is 0 Å². The Morgan fingerprint density at radius 3 is 2.92 bits per heavy atom. The topological polar surface area (TPSA) is 77.1 Å². The number of hydrazine groups is 1. The monoisotopic (exact) mass is 185 g/mol. The average molecular weight is 185 g/mol. The molecular weight excluding hydrogens is 177 g/mol. The summed E-state index contributed by atoms with van der Waals surface area (Å²) < 4.78 is 13.5. The highest BCUT2D eigenvalue weighted by Crippen LogP contribution is 1.91. The molecule has 1 aromatic heterocycles. The number of carbonyl (C=O) groups is 1. The zero-order chi connectivity index (χ0) is 9.84. The van der Waals surface area contributed by atoms with Crippen LogP contribution in [0.25, 0.3) is 0 Å². The normalized spacial score (nSPS) is 9.69. The lowest BCUT2D eigenvalue weighted by Crippen LogP contribution is -2.36. The van der Waals surface area contributed by atoms with E-state index in [1.54, 1.807) is 0 Å². The van der Waals surface area contributed by atoms with E-state index in [4.69, 9.17) is 5.84 Å².